The Morgan fingerprint density at radius 3 is 2.72 bits per heavy atom. The van der Waals surface area contributed by atoms with Crippen LogP contribution in [0, 0.1) is 0 Å². The molecule has 1 rings (SSSR count). The highest BCUT2D eigenvalue weighted by Gasteiger charge is 2.17. The summed E-state index contributed by atoms with van der Waals surface area (Å²) in [7, 11) is 0. The van der Waals surface area contributed by atoms with Crippen molar-refractivity contribution in [2.75, 3.05) is 11.1 Å². The van der Waals surface area contributed by atoms with Gasteiger partial charge in [0.2, 0.25) is 5.91 Å². The largest absolute Gasteiger partial charge is 0.481 e. The number of thioether (sulfide) groups is 1. The highest BCUT2D eigenvalue weighted by Crippen LogP contribution is 2.26. The van der Waals surface area contributed by atoms with Gasteiger partial charge in [-0.1, -0.05) is 19.1 Å². The summed E-state index contributed by atoms with van der Waals surface area (Å²) in [5.41, 5.74) is 6.15. The zero-order chi connectivity index (χ0) is 13.5. The van der Waals surface area contributed by atoms with E-state index in [2.05, 4.69) is 5.32 Å². The number of carboxylic acid groups (broad SMARTS) is 1. The van der Waals surface area contributed by atoms with Crippen LogP contribution in [0.3, 0.4) is 0 Å². The summed E-state index contributed by atoms with van der Waals surface area (Å²) in [4.78, 5) is 23.1. The van der Waals surface area contributed by atoms with E-state index in [4.69, 9.17) is 10.8 Å². The molecule has 4 N–H and O–H groups in total. The predicted octanol–water partition coefficient (Wildman–Crippen LogP) is 1.54. The first-order chi connectivity index (χ1) is 8.54. The second-order valence-corrected chi connectivity index (χ2v) is 4.93. The molecule has 0 saturated heterocycles. The Morgan fingerprint density at radius 1 is 1.44 bits per heavy atom. The van der Waals surface area contributed by atoms with Crippen LogP contribution < -0.4 is 11.1 Å². The number of nitrogens with two attached hydrogens (primary N) is 1. The van der Waals surface area contributed by atoms with Crippen molar-refractivity contribution in [3.05, 3.63) is 24.3 Å². The van der Waals surface area contributed by atoms with Crippen molar-refractivity contribution in [1.29, 1.82) is 0 Å². The molecule has 5 nitrogen and oxygen atoms in total. The lowest BCUT2D eigenvalue weighted by Crippen LogP contribution is -2.37. The Labute approximate surface area is 110 Å². The summed E-state index contributed by atoms with van der Waals surface area (Å²) < 4.78 is 0. The minimum Gasteiger partial charge on any atom is -0.481 e. The molecular formula is C12H16N2O3S. The first kappa shape index (κ1) is 14.5. The maximum atomic E-state index is 11.7. The third-order valence-electron chi connectivity index (χ3n) is 2.18. The third-order valence-corrected chi connectivity index (χ3v) is 3.13. The zero-order valence-corrected chi connectivity index (χ0v) is 10.9. The van der Waals surface area contributed by atoms with Gasteiger partial charge >= 0.3 is 5.97 Å². The number of carbonyl (C=O) groups is 2. The Kier molecular flexibility index (Phi) is 5.67. The fraction of sp³-hybridized carbons (Fsp3) is 0.333. The molecule has 0 saturated carbocycles. The highest BCUT2D eigenvalue weighted by atomic mass is 32.2. The van der Waals surface area contributed by atoms with Crippen LogP contribution in [0.4, 0.5) is 5.69 Å². The Morgan fingerprint density at radius 2 is 2.11 bits per heavy atom. The Bertz CT molecular complexity index is 437. The molecule has 1 atom stereocenters. The molecule has 0 aromatic heterocycles. The van der Waals surface area contributed by atoms with Crippen LogP contribution in [0.1, 0.15) is 13.3 Å². The summed E-state index contributed by atoms with van der Waals surface area (Å²) in [6.45, 7) is 2.01. The van der Waals surface area contributed by atoms with E-state index in [1.165, 1.54) is 0 Å². The molecule has 0 aliphatic rings. The van der Waals surface area contributed by atoms with Crippen LogP contribution in [0.5, 0.6) is 0 Å². The number of benzene rings is 1. The Balaban J connectivity index is 2.72. The van der Waals surface area contributed by atoms with Gasteiger partial charge in [-0.15, -0.1) is 11.8 Å². The van der Waals surface area contributed by atoms with Crippen LogP contribution >= 0.6 is 11.8 Å². The summed E-state index contributed by atoms with van der Waals surface area (Å²) in [6.07, 6.45) is -0.380. The van der Waals surface area contributed by atoms with Crippen LogP contribution in [-0.4, -0.2) is 28.8 Å². The van der Waals surface area contributed by atoms with Gasteiger partial charge in [0.1, 0.15) is 0 Å². The number of amides is 1. The average molecular weight is 268 g/mol. The number of rotatable bonds is 6. The molecule has 0 bridgehead atoms. The smallest absolute Gasteiger partial charge is 0.305 e. The molecule has 0 spiro atoms. The van der Waals surface area contributed by atoms with Gasteiger partial charge in [0.25, 0.3) is 0 Å². The van der Waals surface area contributed by atoms with Crippen LogP contribution in [0.25, 0.3) is 0 Å². The van der Waals surface area contributed by atoms with E-state index in [1.54, 1.807) is 23.9 Å². The third kappa shape index (κ3) is 4.38. The molecule has 0 aliphatic carbocycles. The molecule has 6 heteroatoms. The zero-order valence-electron chi connectivity index (χ0n) is 10.1. The normalized spacial score (nSPS) is 11.9. The number of aliphatic carboxylic acids is 1. The number of nitrogens with one attached hydrogen (secondary N) is 1. The highest BCUT2D eigenvalue weighted by molar-refractivity contribution is 7.99. The number of carbonyl (C=O) groups excluding carboxylic acids is 1. The van der Waals surface area contributed by atoms with E-state index in [-0.39, 0.29) is 6.42 Å². The van der Waals surface area contributed by atoms with E-state index in [0.717, 1.165) is 10.6 Å². The molecule has 0 fully saturated rings. The van der Waals surface area contributed by atoms with Crippen LogP contribution in [-0.2, 0) is 9.59 Å². The molecule has 1 aromatic rings. The predicted molar refractivity (Wildman–Crippen MR) is 71.7 cm³/mol. The molecule has 1 aromatic carbocycles. The molecule has 0 radical (unpaired) electrons. The molecule has 0 heterocycles. The summed E-state index contributed by atoms with van der Waals surface area (Å²) in [6, 6.07) is 6.31. The maximum Gasteiger partial charge on any atom is 0.305 e. The topological polar surface area (TPSA) is 92.4 Å². The number of anilines is 1. The minimum absolute atomic E-state index is 0.380. The minimum atomic E-state index is -1.09. The van der Waals surface area contributed by atoms with Gasteiger partial charge in [0, 0.05) is 4.90 Å². The van der Waals surface area contributed by atoms with Gasteiger partial charge in [-0.25, -0.2) is 0 Å². The van der Waals surface area contributed by atoms with Crippen molar-refractivity contribution >= 4 is 29.3 Å². The fourth-order valence-electron chi connectivity index (χ4n) is 1.36. The monoisotopic (exact) mass is 268 g/mol. The summed E-state index contributed by atoms with van der Waals surface area (Å²) in [5, 5.41) is 11.2. The summed E-state index contributed by atoms with van der Waals surface area (Å²) >= 11 is 1.60. The van der Waals surface area contributed by atoms with E-state index in [0.29, 0.717) is 5.69 Å². The van der Waals surface area contributed by atoms with E-state index < -0.39 is 17.9 Å². The van der Waals surface area contributed by atoms with Crippen LogP contribution in [0.2, 0.25) is 0 Å². The quantitative estimate of drug-likeness (QED) is 0.681. The van der Waals surface area contributed by atoms with E-state index in [1.807, 2.05) is 19.1 Å². The number of carboxylic acids is 1. The molecule has 1 amide bonds. The van der Waals surface area contributed by atoms with Crippen molar-refractivity contribution in [3.63, 3.8) is 0 Å². The standard InChI is InChI=1S/C12H16N2O3S/c1-2-18-10-6-4-3-5-9(10)14-12(17)8(13)7-11(15)16/h3-6,8H,2,7,13H2,1H3,(H,14,17)(H,15,16). The van der Waals surface area contributed by atoms with Crippen molar-refractivity contribution in [3.8, 4) is 0 Å². The molecular weight excluding hydrogens is 252 g/mol. The number of hydrogen-bond acceptors (Lipinski definition) is 4. The second kappa shape index (κ2) is 7.03. The number of para-hydroxylation sites is 1. The molecule has 18 heavy (non-hydrogen) atoms. The molecule has 1 unspecified atom stereocenters. The lowest BCUT2D eigenvalue weighted by Gasteiger charge is -2.13. The van der Waals surface area contributed by atoms with Gasteiger partial charge in [0.15, 0.2) is 0 Å². The van der Waals surface area contributed by atoms with Crippen molar-refractivity contribution < 1.29 is 14.7 Å². The van der Waals surface area contributed by atoms with Gasteiger partial charge in [-0.05, 0) is 17.9 Å². The molecule has 98 valence electrons. The van der Waals surface area contributed by atoms with Crippen LogP contribution in [0.15, 0.2) is 29.2 Å². The van der Waals surface area contributed by atoms with Crippen molar-refractivity contribution in [2.45, 2.75) is 24.3 Å². The SMILES string of the molecule is CCSc1ccccc1NC(=O)C(N)CC(=O)O. The average Bonchev–Trinajstić information content (AvgIpc) is 2.31. The van der Waals surface area contributed by atoms with Gasteiger partial charge < -0.3 is 16.2 Å². The van der Waals surface area contributed by atoms with E-state index in [9.17, 15) is 9.59 Å². The maximum absolute atomic E-state index is 11.7. The second-order valence-electron chi connectivity index (χ2n) is 3.62. The fourth-order valence-corrected chi connectivity index (χ4v) is 2.12. The first-order valence-corrected chi connectivity index (χ1v) is 6.53. The first-order valence-electron chi connectivity index (χ1n) is 5.54. The lowest BCUT2D eigenvalue weighted by molar-refractivity contribution is -0.138. The van der Waals surface area contributed by atoms with E-state index >= 15 is 0 Å². The van der Waals surface area contributed by atoms with Gasteiger partial charge in [-0.2, -0.15) is 0 Å². The molecule has 0 aliphatic heterocycles. The van der Waals surface area contributed by atoms with Crippen molar-refractivity contribution in [1.82, 2.24) is 0 Å². The Hall–Kier alpha value is -1.53. The van der Waals surface area contributed by atoms with Gasteiger partial charge in [-0.3, -0.25) is 9.59 Å². The summed E-state index contributed by atoms with van der Waals surface area (Å²) in [5.74, 6) is -0.691. The number of hydrogen-bond donors (Lipinski definition) is 3. The lowest BCUT2D eigenvalue weighted by atomic mass is 10.2. The van der Waals surface area contributed by atoms with Crippen molar-refractivity contribution in [2.24, 2.45) is 5.73 Å². The van der Waals surface area contributed by atoms with Gasteiger partial charge in [0.05, 0.1) is 18.2 Å².